The predicted octanol–water partition coefficient (Wildman–Crippen LogP) is 3.96. The highest BCUT2D eigenvalue weighted by molar-refractivity contribution is 5.15. The van der Waals surface area contributed by atoms with Gasteiger partial charge in [-0.25, -0.2) is 0 Å². The molecule has 0 radical (unpaired) electrons. The molecule has 0 aliphatic carbocycles. The van der Waals surface area contributed by atoms with Gasteiger partial charge in [-0.1, -0.05) is 71.1 Å². The molecule has 21 heavy (non-hydrogen) atoms. The fraction of sp³-hybridized carbons (Fsp3) is 0.889. The van der Waals surface area contributed by atoms with Crippen molar-refractivity contribution in [3.8, 4) is 0 Å². The van der Waals surface area contributed by atoms with Gasteiger partial charge in [-0.05, 0) is 24.0 Å². The van der Waals surface area contributed by atoms with E-state index in [1.165, 1.54) is 64.2 Å². The average molecular weight is 300 g/mol. The zero-order chi connectivity index (χ0) is 15.8. The Morgan fingerprint density at radius 3 is 1.29 bits per heavy atom. The summed E-state index contributed by atoms with van der Waals surface area (Å²) in [6.45, 7) is 1.91. The number of aliphatic hydroxyl groups is 3. The number of aliphatic hydroxyl groups excluding tert-OH is 3. The second kappa shape index (κ2) is 16.0. The van der Waals surface area contributed by atoms with E-state index in [-0.39, 0.29) is 19.8 Å². The smallest absolute Gasteiger partial charge is 0.0667 e. The van der Waals surface area contributed by atoms with E-state index in [2.05, 4.69) is 6.92 Å². The molecule has 0 aliphatic heterocycles. The molecule has 3 N–H and O–H groups in total. The minimum absolute atomic E-state index is 0.0474. The van der Waals surface area contributed by atoms with Gasteiger partial charge in [-0.3, -0.25) is 0 Å². The highest BCUT2D eigenvalue weighted by atomic mass is 16.3. The molecule has 0 spiro atoms. The molecule has 3 heteroatoms. The first-order valence-corrected chi connectivity index (χ1v) is 8.82. The second-order valence-electron chi connectivity index (χ2n) is 5.97. The van der Waals surface area contributed by atoms with E-state index >= 15 is 0 Å². The van der Waals surface area contributed by atoms with Gasteiger partial charge in [0.05, 0.1) is 19.8 Å². The molecule has 3 nitrogen and oxygen atoms in total. The van der Waals surface area contributed by atoms with Gasteiger partial charge in [0.1, 0.15) is 0 Å². The zero-order valence-electron chi connectivity index (χ0n) is 13.9. The third-order valence-electron chi connectivity index (χ3n) is 4.15. The maximum Gasteiger partial charge on any atom is 0.0667 e. The van der Waals surface area contributed by atoms with Gasteiger partial charge in [-0.15, -0.1) is 0 Å². The quantitative estimate of drug-likeness (QED) is 0.317. The summed E-state index contributed by atoms with van der Waals surface area (Å²) in [7, 11) is 0. The summed E-state index contributed by atoms with van der Waals surface area (Å²) in [5.74, 6) is 0. The van der Waals surface area contributed by atoms with Crippen LogP contribution in [0, 0.1) is 0 Å². The second-order valence-corrected chi connectivity index (χ2v) is 5.97. The summed E-state index contributed by atoms with van der Waals surface area (Å²) in [6, 6.07) is 0. The maximum atomic E-state index is 9.24. The first kappa shape index (κ1) is 20.6. The van der Waals surface area contributed by atoms with E-state index in [1.807, 2.05) is 0 Å². The van der Waals surface area contributed by atoms with Gasteiger partial charge in [0, 0.05) is 0 Å². The van der Waals surface area contributed by atoms with Crippen molar-refractivity contribution in [2.24, 2.45) is 0 Å². The Labute approximate surface area is 131 Å². The average Bonchev–Trinajstić information content (AvgIpc) is 2.51. The van der Waals surface area contributed by atoms with Gasteiger partial charge >= 0.3 is 0 Å². The summed E-state index contributed by atoms with van der Waals surface area (Å²) in [6.07, 6.45) is 15.1. The highest BCUT2D eigenvalue weighted by Gasteiger charge is 2.04. The van der Waals surface area contributed by atoms with Crippen molar-refractivity contribution in [3.63, 3.8) is 0 Å². The van der Waals surface area contributed by atoms with E-state index in [1.54, 1.807) is 0 Å². The Morgan fingerprint density at radius 2 is 0.905 bits per heavy atom. The summed E-state index contributed by atoms with van der Waals surface area (Å²) in [5, 5.41) is 27.4. The third kappa shape index (κ3) is 11.9. The van der Waals surface area contributed by atoms with E-state index in [9.17, 15) is 5.11 Å². The van der Waals surface area contributed by atoms with Gasteiger partial charge in [-0.2, -0.15) is 0 Å². The predicted molar refractivity (Wildman–Crippen MR) is 89.4 cm³/mol. The molecule has 0 bridgehead atoms. The van der Waals surface area contributed by atoms with Crippen molar-refractivity contribution < 1.29 is 15.3 Å². The summed E-state index contributed by atoms with van der Waals surface area (Å²) in [5.41, 5.74) is 1.40. The standard InChI is InChI=1S/C18H36O3/c1-2-3-4-5-6-7-8-9-10-11-12-13-17(14-19)18(15-20)16-21/h19-21H,2-16H2,1H3. The lowest BCUT2D eigenvalue weighted by molar-refractivity contribution is 0.264. The monoisotopic (exact) mass is 300 g/mol. The summed E-state index contributed by atoms with van der Waals surface area (Å²) >= 11 is 0. The lowest BCUT2D eigenvalue weighted by Crippen LogP contribution is -2.05. The van der Waals surface area contributed by atoms with Crippen molar-refractivity contribution in [1.29, 1.82) is 0 Å². The first-order valence-electron chi connectivity index (χ1n) is 8.82. The Kier molecular flexibility index (Phi) is 15.7. The van der Waals surface area contributed by atoms with Crippen LogP contribution in [-0.2, 0) is 0 Å². The molecule has 0 aromatic heterocycles. The summed E-state index contributed by atoms with van der Waals surface area (Å²) < 4.78 is 0. The van der Waals surface area contributed by atoms with E-state index in [0.29, 0.717) is 5.57 Å². The topological polar surface area (TPSA) is 60.7 Å². The first-order chi connectivity index (χ1) is 10.3. The van der Waals surface area contributed by atoms with Crippen molar-refractivity contribution in [1.82, 2.24) is 0 Å². The maximum absolute atomic E-state index is 9.24. The largest absolute Gasteiger partial charge is 0.392 e. The van der Waals surface area contributed by atoms with Crippen LogP contribution in [0.3, 0.4) is 0 Å². The van der Waals surface area contributed by atoms with Crippen LogP contribution in [0.2, 0.25) is 0 Å². The van der Waals surface area contributed by atoms with Crippen LogP contribution < -0.4 is 0 Å². The van der Waals surface area contributed by atoms with Crippen molar-refractivity contribution in [2.75, 3.05) is 19.8 Å². The molecule has 0 unspecified atom stereocenters. The van der Waals surface area contributed by atoms with Gasteiger partial charge in [0.15, 0.2) is 0 Å². The number of unbranched alkanes of at least 4 members (excludes halogenated alkanes) is 10. The minimum atomic E-state index is -0.148. The van der Waals surface area contributed by atoms with Crippen LogP contribution >= 0.6 is 0 Å². The molecule has 0 aromatic carbocycles. The van der Waals surface area contributed by atoms with Crippen LogP contribution in [-0.4, -0.2) is 35.1 Å². The molecular weight excluding hydrogens is 264 g/mol. The Hall–Kier alpha value is -0.380. The van der Waals surface area contributed by atoms with Gasteiger partial charge in [0.25, 0.3) is 0 Å². The van der Waals surface area contributed by atoms with Crippen molar-refractivity contribution >= 4 is 0 Å². The van der Waals surface area contributed by atoms with Gasteiger partial charge in [0.2, 0.25) is 0 Å². The molecular formula is C18H36O3. The molecule has 0 atom stereocenters. The summed E-state index contributed by atoms with van der Waals surface area (Å²) in [4.78, 5) is 0. The van der Waals surface area contributed by atoms with Crippen LogP contribution in [0.4, 0.5) is 0 Å². The molecule has 0 fully saturated rings. The normalized spacial score (nSPS) is 10.9. The minimum Gasteiger partial charge on any atom is -0.392 e. The Bertz CT molecular complexity index is 243. The highest BCUT2D eigenvalue weighted by Crippen LogP contribution is 2.15. The van der Waals surface area contributed by atoms with E-state index in [4.69, 9.17) is 10.2 Å². The Morgan fingerprint density at radius 1 is 0.524 bits per heavy atom. The lowest BCUT2D eigenvalue weighted by Gasteiger charge is -2.09. The molecule has 0 saturated heterocycles. The van der Waals surface area contributed by atoms with Crippen LogP contribution in [0.15, 0.2) is 11.1 Å². The number of hydrogen-bond acceptors (Lipinski definition) is 3. The molecule has 126 valence electrons. The molecule has 0 amide bonds. The van der Waals surface area contributed by atoms with Gasteiger partial charge < -0.3 is 15.3 Å². The van der Waals surface area contributed by atoms with Crippen LogP contribution in [0.5, 0.6) is 0 Å². The van der Waals surface area contributed by atoms with Crippen LogP contribution in [0.25, 0.3) is 0 Å². The molecule has 0 saturated carbocycles. The van der Waals surface area contributed by atoms with E-state index in [0.717, 1.165) is 18.4 Å². The zero-order valence-corrected chi connectivity index (χ0v) is 13.9. The fourth-order valence-corrected chi connectivity index (χ4v) is 2.64. The number of hydrogen-bond donors (Lipinski definition) is 3. The SMILES string of the molecule is CCCCCCCCCCCCCC(CO)=C(CO)CO. The fourth-order valence-electron chi connectivity index (χ4n) is 2.64. The van der Waals surface area contributed by atoms with Crippen molar-refractivity contribution in [2.45, 2.75) is 84.0 Å². The molecule has 0 rings (SSSR count). The van der Waals surface area contributed by atoms with Crippen LogP contribution in [0.1, 0.15) is 84.0 Å². The Balaban J connectivity index is 3.45. The van der Waals surface area contributed by atoms with Crippen molar-refractivity contribution in [3.05, 3.63) is 11.1 Å². The molecule has 0 aliphatic rings. The third-order valence-corrected chi connectivity index (χ3v) is 4.15. The number of rotatable bonds is 15. The molecule has 0 aromatic rings. The molecule has 0 heterocycles. The lowest BCUT2D eigenvalue weighted by atomic mass is 10.0. The van der Waals surface area contributed by atoms with E-state index < -0.39 is 0 Å².